The Hall–Kier alpha value is -2.00. The number of hydrogen-bond donors (Lipinski definition) is 1. The van der Waals surface area contributed by atoms with Crippen molar-refractivity contribution in [2.75, 3.05) is 11.4 Å². The summed E-state index contributed by atoms with van der Waals surface area (Å²) >= 11 is 6.16. The van der Waals surface area contributed by atoms with Gasteiger partial charge in [0.25, 0.3) is 0 Å². The molecule has 4 heteroatoms. The molecule has 0 amide bonds. The molecule has 0 saturated heterocycles. The second-order valence-electron chi connectivity index (χ2n) is 5.23. The standard InChI is InChI=1S/C16H14ClN3/c17-12-5-6-14-11(8-12)7-10-3-1-2-4-13(10)15-9-19-16(18)20(14)15/h1-6,8,15H,7,9H2,(H2,18,19). The van der Waals surface area contributed by atoms with Crippen molar-refractivity contribution in [1.29, 1.82) is 0 Å². The summed E-state index contributed by atoms with van der Waals surface area (Å²) in [5.74, 6) is 0.593. The van der Waals surface area contributed by atoms with Crippen LogP contribution in [0.15, 0.2) is 47.5 Å². The van der Waals surface area contributed by atoms with Crippen molar-refractivity contribution < 1.29 is 0 Å². The van der Waals surface area contributed by atoms with Crippen molar-refractivity contribution in [3.63, 3.8) is 0 Å². The van der Waals surface area contributed by atoms with Gasteiger partial charge in [-0.3, -0.25) is 4.99 Å². The number of anilines is 1. The van der Waals surface area contributed by atoms with Gasteiger partial charge in [-0.2, -0.15) is 0 Å². The molecule has 0 bridgehead atoms. The van der Waals surface area contributed by atoms with Crippen LogP contribution in [0.4, 0.5) is 5.69 Å². The lowest BCUT2D eigenvalue weighted by Gasteiger charge is -2.26. The van der Waals surface area contributed by atoms with Crippen molar-refractivity contribution in [3.8, 4) is 0 Å². The van der Waals surface area contributed by atoms with E-state index < -0.39 is 0 Å². The summed E-state index contributed by atoms with van der Waals surface area (Å²) < 4.78 is 0. The molecule has 0 aliphatic carbocycles. The maximum atomic E-state index is 6.16. The number of nitrogens with zero attached hydrogens (tertiary/aromatic N) is 2. The Morgan fingerprint density at radius 1 is 1.15 bits per heavy atom. The molecule has 2 heterocycles. The van der Waals surface area contributed by atoms with Gasteiger partial charge >= 0.3 is 0 Å². The predicted molar refractivity (Wildman–Crippen MR) is 82.4 cm³/mol. The summed E-state index contributed by atoms with van der Waals surface area (Å²) in [7, 11) is 0. The van der Waals surface area contributed by atoms with E-state index in [1.165, 1.54) is 16.7 Å². The molecular formula is C16H14ClN3. The van der Waals surface area contributed by atoms with E-state index in [0.717, 1.165) is 17.1 Å². The first-order chi connectivity index (χ1) is 9.74. The van der Waals surface area contributed by atoms with Crippen molar-refractivity contribution >= 4 is 23.2 Å². The summed E-state index contributed by atoms with van der Waals surface area (Å²) in [5, 5.41) is 0.759. The number of guanidine groups is 1. The first kappa shape index (κ1) is 11.8. The van der Waals surface area contributed by atoms with Crippen LogP contribution >= 0.6 is 11.6 Å². The summed E-state index contributed by atoms with van der Waals surface area (Å²) in [6, 6.07) is 14.7. The average Bonchev–Trinajstić information content (AvgIpc) is 2.75. The van der Waals surface area contributed by atoms with Crippen LogP contribution in [0.1, 0.15) is 22.7 Å². The number of fused-ring (bicyclic) bond motifs is 5. The largest absolute Gasteiger partial charge is 0.369 e. The zero-order valence-corrected chi connectivity index (χ0v) is 11.6. The number of rotatable bonds is 0. The topological polar surface area (TPSA) is 41.6 Å². The average molecular weight is 284 g/mol. The van der Waals surface area contributed by atoms with E-state index in [1.54, 1.807) is 0 Å². The summed E-state index contributed by atoms with van der Waals surface area (Å²) in [4.78, 5) is 6.57. The molecule has 1 unspecified atom stereocenters. The number of halogens is 1. The van der Waals surface area contributed by atoms with Gasteiger partial charge in [-0.25, -0.2) is 0 Å². The number of hydrogen-bond acceptors (Lipinski definition) is 3. The highest BCUT2D eigenvalue weighted by Crippen LogP contribution is 2.40. The summed E-state index contributed by atoms with van der Waals surface area (Å²) in [5.41, 5.74) is 11.1. The lowest BCUT2D eigenvalue weighted by Crippen LogP contribution is -2.36. The number of nitrogens with two attached hydrogens (primary N) is 1. The molecule has 3 nitrogen and oxygen atoms in total. The van der Waals surface area contributed by atoms with Crippen LogP contribution in [0.5, 0.6) is 0 Å². The number of aliphatic imine (C=N–C) groups is 1. The first-order valence-corrected chi connectivity index (χ1v) is 7.07. The Bertz CT molecular complexity index is 723. The van der Waals surface area contributed by atoms with Crippen LogP contribution in [0, 0.1) is 0 Å². The fraction of sp³-hybridized carbons (Fsp3) is 0.188. The second kappa shape index (κ2) is 4.25. The minimum absolute atomic E-state index is 0.202. The monoisotopic (exact) mass is 283 g/mol. The molecule has 100 valence electrons. The Labute approximate surface area is 122 Å². The predicted octanol–water partition coefficient (Wildman–Crippen LogP) is 3.12. The molecule has 0 saturated carbocycles. The van der Waals surface area contributed by atoms with Crippen LogP contribution < -0.4 is 10.6 Å². The van der Waals surface area contributed by atoms with Gasteiger partial charge in [0.2, 0.25) is 0 Å². The quantitative estimate of drug-likeness (QED) is 0.807. The fourth-order valence-electron chi connectivity index (χ4n) is 3.18. The SMILES string of the molecule is NC1=NCC2c3ccccc3Cc3cc(Cl)ccc3N12. The fourth-order valence-corrected chi connectivity index (χ4v) is 3.38. The zero-order valence-electron chi connectivity index (χ0n) is 10.9. The van der Waals surface area contributed by atoms with E-state index in [1.807, 2.05) is 18.2 Å². The minimum Gasteiger partial charge on any atom is -0.369 e. The molecule has 0 spiro atoms. The van der Waals surface area contributed by atoms with Crippen molar-refractivity contribution in [2.45, 2.75) is 12.5 Å². The lowest BCUT2D eigenvalue weighted by molar-refractivity contribution is 0.768. The maximum Gasteiger partial charge on any atom is 0.196 e. The maximum absolute atomic E-state index is 6.16. The molecule has 0 fully saturated rings. The molecule has 2 aliphatic rings. The Morgan fingerprint density at radius 3 is 2.90 bits per heavy atom. The molecule has 1 atom stereocenters. The second-order valence-corrected chi connectivity index (χ2v) is 5.67. The van der Waals surface area contributed by atoms with Crippen molar-refractivity contribution in [1.82, 2.24) is 0 Å². The molecule has 20 heavy (non-hydrogen) atoms. The van der Waals surface area contributed by atoms with Gasteiger partial charge in [-0.05, 0) is 41.3 Å². The highest BCUT2D eigenvalue weighted by Gasteiger charge is 2.33. The molecule has 2 aromatic carbocycles. The molecule has 0 radical (unpaired) electrons. The molecule has 2 aliphatic heterocycles. The highest BCUT2D eigenvalue weighted by molar-refractivity contribution is 6.30. The molecular weight excluding hydrogens is 270 g/mol. The van der Waals surface area contributed by atoms with Gasteiger partial charge in [-0.1, -0.05) is 35.9 Å². The zero-order chi connectivity index (χ0) is 13.7. The highest BCUT2D eigenvalue weighted by atomic mass is 35.5. The van der Waals surface area contributed by atoms with Crippen LogP contribution in [0.25, 0.3) is 0 Å². The van der Waals surface area contributed by atoms with Gasteiger partial charge in [-0.15, -0.1) is 0 Å². The third-order valence-electron chi connectivity index (χ3n) is 4.08. The molecule has 2 N–H and O–H groups in total. The van der Waals surface area contributed by atoms with E-state index >= 15 is 0 Å². The van der Waals surface area contributed by atoms with Crippen LogP contribution in [0.2, 0.25) is 5.02 Å². The lowest BCUT2D eigenvalue weighted by atomic mass is 9.97. The third-order valence-corrected chi connectivity index (χ3v) is 4.32. The Kier molecular flexibility index (Phi) is 2.51. The van der Waals surface area contributed by atoms with Gasteiger partial charge in [0.05, 0.1) is 12.6 Å². The van der Waals surface area contributed by atoms with Crippen LogP contribution in [0.3, 0.4) is 0 Å². The van der Waals surface area contributed by atoms with Crippen LogP contribution in [-0.4, -0.2) is 12.5 Å². The van der Waals surface area contributed by atoms with E-state index in [4.69, 9.17) is 17.3 Å². The summed E-state index contributed by atoms with van der Waals surface area (Å²) in [6.45, 7) is 0.713. The molecule has 4 rings (SSSR count). The van der Waals surface area contributed by atoms with Gasteiger partial charge in [0.15, 0.2) is 5.96 Å². The van der Waals surface area contributed by atoms with E-state index in [9.17, 15) is 0 Å². The van der Waals surface area contributed by atoms with E-state index in [-0.39, 0.29) is 6.04 Å². The first-order valence-electron chi connectivity index (χ1n) is 6.69. The van der Waals surface area contributed by atoms with Gasteiger partial charge < -0.3 is 10.6 Å². The third kappa shape index (κ3) is 1.63. The Morgan fingerprint density at radius 2 is 2.00 bits per heavy atom. The van der Waals surface area contributed by atoms with Crippen molar-refractivity contribution in [3.05, 3.63) is 64.2 Å². The summed E-state index contributed by atoms with van der Waals surface area (Å²) in [6.07, 6.45) is 0.881. The number of benzene rings is 2. The van der Waals surface area contributed by atoms with Gasteiger partial charge in [0, 0.05) is 10.7 Å². The van der Waals surface area contributed by atoms with Crippen LogP contribution in [-0.2, 0) is 6.42 Å². The van der Waals surface area contributed by atoms with Crippen molar-refractivity contribution in [2.24, 2.45) is 10.7 Å². The van der Waals surface area contributed by atoms with E-state index in [0.29, 0.717) is 12.5 Å². The van der Waals surface area contributed by atoms with Gasteiger partial charge in [0.1, 0.15) is 0 Å². The van der Waals surface area contributed by atoms with E-state index in [2.05, 4.69) is 34.2 Å². The Balaban J connectivity index is 1.98. The molecule has 2 aromatic rings. The smallest absolute Gasteiger partial charge is 0.196 e. The molecule has 0 aromatic heterocycles. The normalized spacial score (nSPS) is 19.8. The minimum atomic E-state index is 0.202.